The van der Waals surface area contributed by atoms with Crippen molar-refractivity contribution in [3.8, 4) is 0 Å². The molecule has 0 spiro atoms. The first kappa shape index (κ1) is 15.7. The van der Waals surface area contributed by atoms with Crippen LogP contribution in [0.2, 0.25) is 0 Å². The van der Waals surface area contributed by atoms with Gasteiger partial charge in [0.15, 0.2) is 0 Å². The number of aromatic nitrogens is 1. The number of rotatable bonds is 3. The fraction of sp³-hybridized carbons (Fsp3) is 0.368. The third-order valence-corrected chi connectivity index (χ3v) is 4.51. The van der Waals surface area contributed by atoms with E-state index in [1.54, 1.807) is 6.92 Å². The molecule has 3 nitrogen and oxygen atoms in total. The summed E-state index contributed by atoms with van der Waals surface area (Å²) in [5, 5.41) is 0. The van der Waals surface area contributed by atoms with E-state index in [0.717, 1.165) is 32.4 Å². The molecule has 2 aromatic rings. The lowest BCUT2D eigenvalue weighted by molar-refractivity contribution is 0.0684. The van der Waals surface area contributed by atoms with Gasteiger partial charge in [-0.15, -0.1) is 0 Å². The van der Waals surface area contributed by atoms with Crippen LogP contribution in [0, 0.1) is 18.7 Å². The van der Waals surface area contributed by atoms with Gasteiger partial charge in [-0.1, -0.05) is 30.3 Å². The number of pyridine rings is 1. The van der Waals surface area contributed by atoms with Crippen molar-refractivity contribution >= 4 is 5.91 Å². The maximum atomic E-state index is 13.3. The van der Waals surface area contributed by atoms with Crippen molar-refractivity contribution in [1.29, 1.82) is 0 Å². The molecule has 1 aromatic carbocycles. The van der Waals surface area contributed by atoms with Crippen LogP contribution in [-0.2, 0) is 6.42 Å². The molecule has 1 aliphatic rings. The number of benzene rings is 1. The highest BCUT2D eigenvalue weighted by Gasteiger charge is 2.24. The van der Waals surface area contributed by atoms with Gasteiger partial charge in [0.05, 0.1) is 5.69 Å². The molecule has 0 N–H and O–H groups in total. The zero-order valence-electron chi connectivity index (χ0n) is 13.3. The lowest BCUT2D eigenvalue weighted by Crippen LogP contribution is -2.39. The van der Waals surface area contributed by atoms with Gasteiger partial charge in [0, 0.05) is 13.1 Å². The van der Waals surface area contributed by atoms with E-state index in [2.05, 4.69) is 29.2 Å². The van der Waals surface area contributed by atoms with E-state index >= 15 is 0 Å². The molecule has 1 aliphatic heterocycles. The highest BCUT2D eigenvalue weighted by atomic mass is 19.1. The molecule has 1 fully saturated rings. The summed E-state index contributed by atoms with van der Waals surface area (Å²) in [6.07, 6.45) is 3.07. The lowest BCUT2D eigenvalue weighted by atomic mass is 9.90. The average molecular weight is 312 g/mol. The number of carbonyl (C=O) groups excluding carboxylic acids is 1. The highest BCUT2D eigenvalue weighted by Crippen LogP contribution is 2.22. The second-order valence-electron chi connectivity index (χ2n) is 6.19. The van der Waals surface area contributed by atoms with E-state index in [9.17, 15) is 9.18 Å². The fourth-order valence-electron chi connectivity index (χ4n) is 3.11. The number of hydrogen-bond acceptors (Lipinski definition) is 2. The highest BCUT2D eigenvalue weighted by molar-refractivity contribution is 5.92. The molecule has 0 unspecified atom stereocenters. The van der Waals surface area contributed by atoms with Crippen LogP contribution in [-0.4, -0.2) is 28.9 Å². The lowest BCUT2D eigenvalue weighted by Gasteiger charge is -2.32. The van der Waals surface area contributed by atoms with Gasteiger partial charge in [-0.25, -0.2) is 9.37 Å². The van der Waals surface area contributed by atoms with Gasteiger partial charge < -0.3 is 4.90 Å². The van der Waals surface area contributed by atoms with Crippen molar-refractivity contribution in [2.75, 3.05) is 13.1 Å². The van der Waals surface area contributed by atoms with Crippen molar-refractivity contribution in [2.45, 2.75) is 26.2 Å². The zero-order chi connectivity index (χ0) is 16.2. The number of aryl methyl sites for hydroxylation is 1. The van der Waals surface area contributed by atoms with E-state index in [1.165, 1.54) is 17.7 Å². The topological polar surface area (TPSA) is 33.2 Å². The van der Waals surface area contributed by atoms with Crippen LogP contribution in [0.1, 0.15) is 34.6 Å². The summed E-state index contributed by atoms with van der Waals surface area (Å²) < 4.78 is 13.3. The van der Waals surface area contributed by atoms with Crippen molar-refractivity contribution in [2.24, 2.45) is 5.92 Å². The first-order valence-electron chi connectivity index (χ1n) is 8.10. The minimum absolute atomic E-state index is 0.0914. The molecule has 1 amide bonds. The first-order chi connectivity index (χ1) is 11.1. The van der Waals surface area contributed by atoms with Gasteiger partial charge >= 0.3 is 0 Å². The standard InChI is InChI=1S/C19H21FN2O/c1-14-17(20)7-8-18(21-14)19(23)22-11-9-16(10-12-22)13-15-5-3-2-4-6-15/h2-8,16H,9-13H2,1H3. The summed E-state index contributed by atoms with van der Waals surface area (Å²) >= 11 is 0. The van der Waals surface area contributed by atoms with E-state index in [-0.39, 0.29) is 17.4 Å². The summed E-state index contributed by atoms with van der Waals surface area (Å²) in [7, 11) is 0. The number of piperidine rings is 1. The Balaban J connectivity index is 1.58. The number of halogens is 1. The smallest absolute Gasteiger partial charge is 0.272 e. The number of hydrogen-bond donors (Lipinski definition) is 0. The summed E-state index contributed by atoms with van der Waals surface area (Å²) in [4.78, 5) is 18.4. The summed E-state index contributed by atoms with van der Waals surface area (Å²) in [5.74, 6) is 0.152. The molecule has 1 saturated heterocycles. The van der Waals surface area contributed by atoms with Crippen molar-refractivity contribution in [3.05, 3.63) is 65.2 Å². The van der Waals surface area contributed by atoms with E-state index in [4.69, 9.17) is 0 Å². The van der Waals surface area contributed by atoms with E-state index in [1.807, 2.05) is 11.0 Å². The second-order valence-corrected chi connectivity index (χ2v) is 6.19. The predicted molar refractivity (Wildman–Crippen MR) is 87.7 cm³/mol. The molecule has 1 aromatic heterocycles. The van der Waals surface area contributed by atoms with Crippen LogP contribution in [0.5, 0.6) is 0 Å². The van der Waals surface area contributed by atoms with Crippen LogP contribution in [0.4, 0.5) is 4.39 Å². The van der Waals surface area contributed by atoms with E-state index in [0.29, 0.717) is 11.6 Å². The number of nitrogens with zero attached hydrogens (tertiary/aromatic N) is 2. The Morgan fingerprint density at radius 3 is 2.52 bits per heavy atom. The van der Waals surface area contributed by atoms with Gasteiger partial charge in [0.1, 0.15) is 11.5 Å². The largest absolute Gasteiger partial charge is 0.337 e. The Labute approximate surface area is 136 Å². The maximum Gasteiger partial charge on any atom is 0.272 e. The molecule has 120 valence electrons. The molecule has 0 saturated carbocycles. The van der Waals surface area contributed by atoms with Crippen molar-refractivity contribution in [3.63, 3.8) is 0 Å². The van der Waals surface area contributed by atoms with Crippen molar-refractivity contribution in [1.82, 2.24) is 9.88 Å². The minimum atomic E-state index is -0.372. The third kappa shape index (κ3) is 3.76. The number of carbonyl (C=O) groups is 1. The molecular weight excluding hydrogens is 291 g/mol. The molecule has 0 bridgehead atoms. The zero-order valence-corrected chi connectivity index (χ0v) is 13.3. The van der Waals surface area contributed by atoms with Gasteiger partial charge in [-0.2, -0.15) is 0 Å². The molecule has 2 heterocycles. The first-order valence-corrected chi connectivity index (χ1v) is 8.10. The van der Waals surface area contributed by atoms with Gasteiger partial charge in [0.25, 0.3) is 5.91 Å². The minimum Gasteiger partial charge on any atom is -0.337 e. The normalized spacial score (nSPS) is 15.7. The summed E-state index contributed by atoms with van der Waals surface area (Å²) in [6, 6.07) is 13.3. The Hall–Kier alpha value is -2.23. The molecule has 0 aliphatic carbocycles. The molecule has 0 atom stereocenters. The predicted octanol–water partition coefficient (Wildman–Crippen LogP) is 3.62. The molecule has 23 heavy (non-hydrogen) atoms. The Morgan fingerprint density at radius 1 is 1.17 bits per heavy atom. The Morgan fingerprint density at radius 2 is 1.87 bits per heavy atom. The molecule has 0 radical (unpaired) electrons. The third-order valence-electron chi connectivity index (χ3n) is 4.51. The van der Waals surface area contributed by atoms with Gasteiger partial charge in [-0.05, 0) is 49.8 Å². The maximum absolute atomic E-state index is 13.3. The SMILES string of the molecule is Cc1nc(C(=O)N2CCC(Cc3ccccc3)CC2)ccc1F. The Kier molecular flexibility index (Phi) is 4.70. The van der Waals surface area contributed by atoms with Crippen LogP contribution >= 0.6 is 0 Å². The molecule has 4 heteroatoms. The van der Waals surface area contributed by atoms with Crippen molar-refractivity contribution < 1.29 is 9.18 Å². The Bertz CT molecular complexity index is 679. The molecule has 3 rings (SSSR count). The van der Waals surface area contributed by atoms with Crippen LogP contribution < -0.4 is 0 Å². The van der Waals surface area contributed by atoms with Crippen LogP contribution in [0.3, 0.4) is 0 Å². The summed E-state index contributed by atoms with van der Waals surface area (Å²) in [6.45, 7) is 3.07. The van der Waals surface area contributed by atoms with Gasteiger partial charge in [0.2, 0.25) is 0 Å². The van der Waals surface area contributed by atoms with Crippen LogP contribution in [0.15, 0.2) is 42.5 Å². The monoisotopic (exact) mass is 312 g/mol. The average Bonchev–Trinajstić information content (AvgIpc) is 2.58. The van der Waals surface area contributed by atoms with Gasteiger partial charge in [-0.3, -0.25) is 4.79 Å². The number of likely N-dealkylation sites (tertiary alicyclic amines) is 1. The quantitative estimate of drug-likeness (QED) is 0.867. The number of amides is 1. The fourth-order valence-corrected chi connectivity index (χ4v) is 3.11. The second kappa shape index (κ2) is 6.90. The summed E-state index contributed by atoms with van der Waals surface area (Å²) in [5.41, 5.74) is 1.97. The van der Waals surface area contributed by atoms with Crippen LogP contribution in [0.25, 0.3) is 0 Å². The van der Waals surface area contributed by atoms with E-state index < -0.39 is 0 Å². The molecular formula is C19H21FN2O.